The first-order valence-electron chi connectivity index (χ1n) is 2.86. The zero-order valence-electron chi connectivity index (χ0n) is 5.72. The van der Waals surface area contributed by atoms with Crippen LogP contribution >= 0.6 is 45.2 Å². The van der Waals surface area contributed by atoms with Gasteiger partial charge in [-0.25, -0.2) is 0 Å². The van der Waals surface area contributed by atoms with Crippen LogP contribution in [0.5, 0.6) is 0 Å². The quantitative estimate of drug-likeness (QED) is 0.443. The predicted molar refractivity (Wildman–Crippen MR) is 66.3 cm³/mol. The summed E-state index contributed by atoms with van der Waals surface area (Å²) in [6.07, 6.45) is 8.98. The number of allylic oxidation sites excluding steroid dienone is 3. The van der Waals surface area contributed by atoms with Gasteiger partial charge in [0.1, 0.15) is 0 Å². The molecule has 0 unspecified atom stereocenters. The second kappa shape index (κ2) is 8.25. The SMILES string of the molecule is N=C(I)/C=C\C=C/N/C=C\I. The van der Waals surface area contributed by atoms with Crippen LogP contribution in [0, 0.1) is 5.41 Å². The van der Waals surface area contributed by atoms with Gasteiger partial charge < -0.3 is 5.32 Å². The van der Waals surface area contributed by atoms with E-state index in [-0.39, 0.29) is 0 Å². The van der Waals surface area contributed by atoms with Crippen molar-refractivity contribution in [1.29, 1.82) is 5.41 Å². The number of hydrogen-bond acceptors (Lipinski definition) is 2. The zero-order chi connectivity index (χ0) is 8.53. The molecular weight excluding hydrogens is 366 g/mol. The molecule has 60 valence electrons. The van der Waals surface area contributed by atoms with Crippen molar-refractivity contribution in [2.75, 3.05) is 0 Å². The standard InChI is InChI=1S/C7H8I2N2/c8-4-6-11-5-2-1-3-7(9)10/h1-6,10-11H/b3-1-,5-2-,6-4-,10-7?. The highest BCUT2D eigenvalue weighted by molar-refractivity contribution is 14.1. The van der Waals surface area contributed by atoms with Crippen LogP contribution in [-0.4, -0.2) is 3.72 Å². The molecule has 0 radical (unpaired) electrons. The van der Waals surface area contributed by atoms with E-state index in [1.54, 1.807) is 12.3 Å². The molecule has 0 aromatic rings. The summed E-state index contributed by atoms with van der Waals surface area (Å²) in [4.78, 5) is 0. The fourth-order valence-corrected chi connectivity index (χ4v) is 0.758. The number of rotatable bonds is 4. The monoisotopic (exact) mass is 374 g/mol. The molecule has 2 N–H and O–H groups in total. The average Bonchev–Trinajstić information content (AvgIpc) is 1.96. The Kier molecular flexibility index (Phi) is 8.36. The summed E-state index contributed by atoms with van der Waals surface area (Å²) in [5.74, 6) is 0. The fourth-order valence-electron chi connectivity index (χ4n) is 0.343. The highest BCUT2D eigenvalue weighted by Gasteiger charge is 1.73. The van der Waals surface area contributed by atoms with Gasteiger partial charge in [-0.3, -0.25) is 5.41 Å². The molecule has 11 heavy (non-hydrogen) atoms. The lowest BCUT2D eigenvalue weighted by Crippen LogP contribution is -1.88. The largest absolute Gasteiger partial charge is 0.367 e. The third-order valence-corrected chi connectivity index (χ3v) is 1.42. The highest BCUT2D eigenvalue weighted by Crippen LogP contribution is 1.88. The summed E-state index contributed by atoms with van der Waals surface area (Å²) < 4.78 is 2.41. The van der Waals surface area contributed by atoms with Crippen LogP contribution in [0.1, 0.15) is 0 Å². The zero-order valence-corrected chi connectivity index (χ0v) is 10.0. The van der Waals surface area contributed by atoms with Gasteiger partial charge in [0.2, 0.25) is 0 Å². The van der Waals surface area contributed by atoms with Gasteiger partial charge in [0.05, 0.1) is 3.72 Å². The van der Waals surface area contributed by atoms with Crippen LogP contribution in [0.2, 0.25) is 0 Å². The molecule has 2 nitrogen and oxygen atoms in total. The van der Waals surface area contributed by atoms with Gasteiger partial charge in [0.25, 0.3) is 0 Å². The van der Waals surface area contributed by atoms with Gasteiger partial charge in [-0.2, -0.15) is 0 Å². The van der Waals surface area contributed by atoms with E-state index >= 15 is 0 Å². The van der Waals surface area contributed by atoms with Crippen molar-refractivity contribution in [1.82, 2.24) is 5.32 Å². The van der Waals surface area contributed by atoms with Gasteiger partial charge in [0, 0.05) is 12.4 Å². The van der Waals surface area contributed by atoms with Crippen LogP contribution in [-0.2, 0) is 0 Å². The maximum absolute atomic E-state index is 7.04. The predicted octanol–water partition coefficient (Wildman–Crippen LogP) is 2.96. The van der Waals surface area contributed by atoms with Gasteiger partial charge in [0.15, 0.2) is 0 Å². The van der Waals surface area contributed by atoms with E-state index in [2.05, 4.69) is 27.9 Å². The van der Waals surface area contributed by atoms with Crippen molar-refractivity contribution in [2.45, 2.75) is 0 Å². The molecular formula is C7H8I2N2. The Hall–Kier alpha value is 0.150. The normalized spacial score (nSPS) is 11.8. The Bertz CT molecular complexity index is 195. The molecule has 0 atom stereocenters. The maximum atomic E-state index is 7.04. The molecule has 0 aliphatic heterocycles. The number of hydrogen-bond donors (Lipinski definition) is 2. The van der Waals surface area contributed by atoms with E-state index in [1.807, 2.05) is 45.0 Å². The van der Waals surface area contributed by atoms with Crippen LogP contribution in [0.4, 0.5) is 0 Å². The fraction of sp³-hybridized carbons (Fsp3) is 0. The molecule has 0 bridgehead atoms. The Morgan fingerprint density at radius 1 is 1.27 bits per heavy atom. The summed E-state index contributed by atoms with van der Waals surface area (Å²) in [5.41, 5.74) is 0. The second-order valence-corrected chi connectivity index (χ2v) is 3.41. The van der Waals surface area contributed by atoms with Crippen LogP contribution in [0.3, 0.4) is 0 Å². The minimum absolute atomic E-state index is 0.525. The van der Waals surface area contributed by atoms with Crippen molar-refractivity contribution in [3.8, 4) is 0 Å². The second-order valence-electron chi connectivity index (χ2n) is 1.53. The van der Waals surface area contributed by atoms with Crippen molar-refractivity contribution >= 4 is 48.9 Å². The third kappa shape index (κ3) is 10.2. The summed E-state index contributed by atoms with van der Waals surface area (Å²) in [6, 6.07) is 0. The Morgan fingerprint density at radius 3 is 2.55 bits per heavy atom. The lowest BCUT2D eigenvalue weighted by atomic mass is 10.5. The molecule has 0 aliphatic rings. The van der Waals surface area contributed by atoms with Gasteiger partial charge in [-0.05, 0) is 38.8 Å². The Labute approximate surface area is 93.6 Å². The van der Waals surface area contributed by atoms with Crippen molar-refractivity contribution in [3.05, 3.63) is 34.7 Å². The molecule has 4 heteroatoms. The molecule has 0 heterocycles. The van der Waals surface area contributed by atoms with E-state index in [0.717, 1.165) is 0 Å². The summed E-state index contributed by atoms with van der Waals surface area (Å²) in [7, 11) is 0. The Balaban J connectivity index is 3.52. The first-order valence-corrected chi connectivity index (χ1v) is 5.18. The number of halogens is 2. The molecule has 0 amide bonds. The molecule has 0 aromatic carbocycles. The summed E-state index contributed by atoms with van der Waals surface area (Å²) >= 11 is 4.07. The van der Waals surface area contributed by atoms with Crippen molar-refractivity contribution in [2.24, 2.45) is 0 Å². The van der Waals surface area contributed by atoms with E-state index in [0.29, 0.717) is 3.72 Å². The van der Waals surface area contributed by atoms with E-state index in [4.69, 9.17) is 5.41 Å². The average molecular weight is 374 g/mol. The molecule has 0 spiro atoms. The van der Waals surface area contributed by atoms with E-state index in [9.17, 15) is 0 Å². The molecule has 0 saturated carbocycles. The maximum Gasteiger partial charge on any atom is 0.0919 e. The molecule has 0 rings (SSSR count). The third-order valence-electron chi connectivity index (χ3n) is 0.705. The van der Waals surface area contributed by atoms with Crippen LogP contribution in [0.15, 0.2) is 34.7 Å². The van der Waals surface area contributed by atoms with Crippen molar-refractivity contribution in [3.63, 3.8) is 0 Å². The first-order chi connectivity index (χ1) is 5.27. The minimum Gasteiger partial charge on any atom is -0.367 e. The molecule has 0 saturated heterocycles. The smallest absolute Gasteiger partial charge is 0.0919 e. The van der Waals surface area contributed by atoms with E-state index < -0.39 is 0 Å². The minimum atomic E-state index is 0.525. The van der Waals surface area contributed by atoms with E-state index in [1.165, 1.54) is 0 Å². The first kappa shape index (κ1) is 11.2. The molecule has 0 aromatic heterocycles. The lowest BCUT2D eigenvalue weighted by molar-refractivity contribution is 1.20. The molecule has 0 fully saturated rings. The van der Waals surface area contributed by atoms with Crippen LogP contribution in [0.25, 0.3) is 0 Å². The van der Waals surface area contributed by atoms with Gasteiger partial charge in [-0.1, -0.05) is 28.7 Å². The Morgan fingerprint density at radius 2 is 2.00 bits per heavy atom. The molecule has 0 aliphatic carbocycles. The number of nitrogens with one attached hydrogen (secondary N) is 2. The summed E-state index contributed by atoms with van der Waals surface area (Å²) in [6.45, 7) is 0. The lowest BCUT2D eigenvalue weighted by Gasteiger charge is -1.83. The topological polar surface area (TPSA) is 35.9 Å². The van der Waals surface area contributed by atoms with Gasteiger partial charge >= 0.3 is 0 Å². The van der Waals surface area contributed by atoms with Crippen LogP contribution < -0.4 is 5.32 Å². The highest BCUT2D eigenvalue weighted by atomic mass is 127. The van der Waals surface area contributed by atoms with Gasteiger partial charge in [-0.15, -0.1) is 0 Å². The van der Waals surface area contributed by atoms with Crippen molar-refractivity contribution < 1.29 is 0 Å². The summed E-state index contributed by atoms with van der Waals surface area (Å²) in [5, 5.41) is 9.96.